The van der Waals surface area contributed by atoms with Crippen LogP contribution in [-0.2, 0) is 0 Å². The Bertz CT molecular complexity index is 802. The lowest BCUT2D eigenvalue weighted by Gasteiger charge is -2.15. The highest BCUT2D eigenvalue weighted by Crippen LogP contribution is 2.27. The summed E-state index contributed by atoms with van der Waals surface area (Å²) < 4.78 is 71.3. The maximum absolute atomic E-state index is 12.6. The highest BCUT2D eigenvalue weighted by atomic mass is 35.5. The fourth-order valence-electron chi connectivity index (χ4n) is 1.88. The second-order valence-electron chi connectivity index (χ2n) is 5.82. The van der Waals surface area contributed by atoms with E-state index in [0.717, 1.165) is 0 Å². The minimum absolute atomic E-state index is 0.00996. The molecule has 160 valence electrons. The van der Waals surface area contributed by atoms with Crippen LogP contribution in [0.5, 0.6) is 11.8 Å². The fourth-order valence-corrected chi connectivity index (χ4v) is 1.97. The molecule has 0 saturated heterocycles. The molecule has 0 spiro atoms. The van der Waals surface area contributed by atoms with Crippen LogP contribution in [0.1, 0.15) is 20.3 Å². The highest BCUT2D eigenvalue weighted by molar-refractivity contribution is 6.20. The molecule has 0 unspecified atom stereocenters. The zero-order valence-electron chi connectivity index (χ0n) is 15.2. The maximum atomic E-state index is 12.6. The van der Waals surface area contributed by atoms with Crippen molar-refractivity contribution < 1.29 is 31.4 Å². The third kappa shape index (κ3) is 8.50. The van der Waals surface area contributed by atoms with E-state index in [0.29, 0.717) is 12.1 Å². The number of nitrogens with zero attached hydrogens (tertiary/aromatic N) is 3. The molecule has 0 saturated carbocycles. The van der Waals surface area contributed by atoms with Crippen molar-refractivity contribution >= 4 is 29.2 Å². The van der Waals surface area contributed by atoms with Crippen LogP contribution >= 0.6 is 11.6 Å². The Hall–Kier alpha value is -2.63. The van der Waals surface area contributed by atoms with E-state index in [9.17, 15) is 22.0 Å². The Kier molecular flexibility index (Phi) is 7.22. The normalized spacial score (nSPS) is 13.0. The van der Waals surface area contributed by atoms with Gasteiger partial charge in [0.2, 0.25) is 11.9 Å². The molecule has 2 rings (SSSR count). The van der Waals surface area contributed by atoms with E-state index in [1.807, 2.05) is 13.8 Å². The van der Waals surface area contributed by atoms with Gasteiger partial charge in [-0.1, -0.05) is 6.92 Å². The second kappa shape index (κ2) is 9.25. The van der Waals surface area contributed by atoms with Crippen molar-refractivity contribution in [3.05, 3.63) is 24.3 Å². The van der Waals surface area contributed by atoms with Crippen LogP contribution in [0.25, 0.3) is 0 Å². The molecule has 1 atom stereocenters. The van der Waals surface area contributed by atoms with Gasteiger partial charge in [-0.3, -0.25) is 0 Å². The average Bonchev–Trinajstić information content (AvgIpc) is 2.59. The lowest BCUT2D eigenvalue weighted by molar-refractivity contribution is -0.154. The fraction of sp³-hybridized carbons (Fsp3) is 0.438. The summed E-state index contributed by atoms with van der Waals surface area (Å²) >= 11 is 4.69. The lowest BCUT2D eigenvalue weighted by Crippen LogP contribution is -2.21. The van der Waals surface area contributed by atoms with Crippen molar-refractivity contribution in [1.82, 2.24) is 15.0 Å². The molecule has 0 fully saturated rings. The molecule has 2 N–H and O–H groups in total. The Morgan fingerprint density at radius 2 is 1.66 bits per heavy atom. The van der Waals surface area contributed by atoms with Crippen molar-refractivity contribution in [2.24, 2.45) is 0 Å². The maximum Gasteiger partial charge on any atom is 0.487 e. The third-order valence-electron chi connectivity index (χ3n) is 3.31. The SMILES string of the molecule is CC[C@@H](C)Nc1nc(Nc2ccc(OC(F)(F)Cl)cc2)nc(OCC(F)(F)F)n1. The zero-order chi connectivity index (χ0) is 21.7. The molecule has 0 radical (unpaired) electrons. The Morgan fingerprint density at radius 1 is 1.03 bits per heavy atom. The molecule has 1 heterocycles. The summed E-state index contributed by atoms with van der Waals surface area (Å²) in [4.78, 5) is 11.7. The van der Waals surface area contributed by atoms with Gasteiger partial charge in [-0.2, -0.15) is 28.1 Å². The van der Waals surface area contributed by atoms with Gasteiger partial charge in [0.1, 0.15) is 5.75 Å². The van der Waals surface area contributed by atoms with Gasteiger partial charge in [0.05, 0.1) is 0 Å². The average molecular weight is 442 g/mol. The second-order valence-corrected chi connectivity index (χ2v) is 6.26. The molecule has 1 aromatic carbocycles. The van der Waals surface area contributed by atoms with Crippen LogP contribution in [0.3, 0.4) is 0 Å². The number of halogens is 6. The summed E-state index contributed by atoms with van der Waals surface area (Å²) in [6, 6.07) is 4.54. The standard InChI is InChI=1S/C16H17ClF5N5O2/c1-3-9(2)23-12-25-13(27-14(26-12)28-8-15(18,19)20)24-10-4-6-11(7-5-10)29-16(17,21)22/h4-7,9H,3,8H2,1-2H3,(H2,23,24,25,26,27)/t9-/m1/s1. The molecule has 29 heavy (non-hydrogen) atoms. The molecule has 2 aromatic rings. The van der Waals surface area contributed by atoms with Gasteiger partial charge < -0.3 is 20.1 Å². The lowest BCUT2D eigenvalue weighted by atomic mass is 10.3. The number of benzene rings is 1. The Balaban J connectivity index is 2.19. The van der Waals surface area contributed by atoms with E-state index < -0.39 is 24.4 Å². The molecule has 13 heteroatoms. The third-order valence-corrected chi connectivity index (χ3v) is 3.39. The van der Waals surface area contributed by atoms with Crippen LogP contribution in [0.2, 0.25) is 0 Å². The number of anilines is 3. The van der Waals surface area contributed by atoms with E-state index in [2.05, 4.69) is 46.7 Å². The predicted octanol–water partition coefficient (Wildman–Crippen LogP) is 4.93. The summed E-state index contributed by atoms with van der Waals surface area (Å²) in [5.74, 6) is -0.297. The first-order chi connectivity index (χ1) is 13.4. The number of alkyl halides is 6. The smallest absolute Gasteiger partial charge is 0.454 e. The number of hydrogen-bond donors (Lipinski definition) is 2. The Labute approximate surface area is 167 Å². The van der Waals surface area contributed by atoms with E-state index in [4.69, 9.17) is 0 Å². The topological polar surface area (TPSA) is 81.2 Å². The van der Waals surface area contributed by atoms with Crippen LogP contribution < -0.4 is 20.1 Å². The molecule has 7 nitrogen and oxygen atoms in total. The number of rotatable bonds is 9. The summed E-state index contributed by atoms with van der Waals surface area (Å²) in [6.07, 6.45) is -3.86. The van der Waals surface area contributed by atoms with E-state index >= 15 is 0 Å². The van der Waals surface area contributed by atoms with Gasteiger partial charge in [-0.15, -0.1) is 8.78 Å². The first-order valence-electron chi connectivity index (χ1n) is 8.28. The molecule has 0 bridgehead atoms. The zero-order valence-corrected chi connectivity index (χ0v) is 16.0. The minimum atomic E-state index is -4.56. The van der Waals surface area contributed by atoms with Crippen molar-refractivity contribution in [3.8, 4) is 11.8 Å². The van der Waals surface area contributed by atoms with Crippen LogP contribution in [0.4, 0.5) is 39.5 Å². The van der Waals surface area contributed by atoms with E-state index in [-0.39, 0.29) is 23.7 Å². The van der Waals surface area contributed by atoms with Crippen molar-refractivity contribution in [2.45, 2.75) is 38.1 Å². The molecule has 0 amide bonds. The molecule has 0 aliphatic rings. The van der Waals surface area contributed by atoms with Crippen molar-refractivity contribution in [3.63, 3.8) is 0 Å². The Morgan fingerprint density at radius 3 is 2.21 bits per heavy atom. The molecule has 1 aromatic heterocycles. The number of nitrogens with one attached hydrogen (secondary N) is 2. The monoisotopic (exact) mass is 441 g/mol. The predicted molar refractivity (Wildman–Crippen MR) is 95.9 cm³/mol. The summed E-state index contributed by atoms with van der Waals surface area (Å²) in [6.45, 7) is 2.16. The van der Waals surface area contributed by atoms with Crippen LogP contribution in [0.15, 0.2) is 24.3 Å². The van der Waals surface area contributed by atoms with Crippen LogP contribution in [0, 0.1) is 0 Å². The molecular weight excluding hydrogens is 425 g/mol. The number of aromatic nitrogens is 3. The van der Waals surface area contributed by atoms with E-state index in [1.165, 1.54) is 24.3 Å². The first kappa shape index (κ1) is 22.7. The van der Waals surface area contributed by atoms with E-state index in [1.54, 1.807) is 0 Å². The van der Waals surface area contributed by atoms with Gasteiger partial charge in [-0.05, 0) is 37.6 Å². The van der Waals surface area contributed by atoms with Gasteiger partial charge in [0.25, 0.3) is 0 Å². The minimum Gasteiger partial charge on any atom is -0.454 e. The van der Waals surface area contributed by atoms with Gasteiger partial charge in [-0.25, -0.2) is 0 Å². The van der Waals surface area contributed by atoms with Crippen molar-refractivity contribution in [1.29, 1.82) is 0 Å². The molecule has 0 aliphatic carbocycles. The molecular formula is C16H17ClF5N5O2. The van der Waals surface area contributed by atoms with Gasteiger partial charge >= 0.3 is 17.8 Å². The summed E-state index contributed by atoms with van der Waals surface area (Å²) in [5, 5.41) is 5.63. The van der Waals surface area contributed by atoms with Gasteiger partial charge in [0.15, 0.2) is 6.61 Å². The number of ether oxygens (including phenoxy) is 2. The first-order valence-corrected chi connectivity index (χ1v) is 8.66. The largest absolute Gasteiger partial charge is 0.487 e. The summed E-state index contributed by atoms with van der Waals surface area (Å²) in [5.41, 5.74) is -3.51. The van der Waals surface area contributed by atoms with Gasteiger partial charge in [0, 0.05) is 23.3 Å². The highest BCUT2D eigenvalue weighted by Gasteiger charge is 2.29. The van der Waals surface area contributed by atoms with Crippen LogP contribution in [-0.4, -0.2) is 39.3 Å². The quantitative estimate of drug-likeness (QED) is 0.421. The summed E-state index contributed by atoms with van der Waals surface area (Å²) in [7, 11) is 0. The molecule has 0 aliphatic heterocycles. The van der Waals surface area contributed by atoms with Crippen molar-refractivity contribution in [2.75, 3.05) is 17.2 Å². The number of hydrogen-bond acceptors (Lipinski definition) is 7.